The van der Waals surface area contributed by atoms with Crippen LogP contribution in [0.25, 0.3) is 0 Å². The number of anilines is 1. The molecule has 0 unspecified atom stereocenters. The molecule has 39 heavy (non-hydrogen) atoms. The van der Waals surface area contributed by atoms with Crippen molar-refractivity contribution in [2.75, 3.05) is 12.1 Å². The van der Waals surface area contributed by atoms with Crippen molar-refractivity contribution in [3.8, 4) is 0 Å². The van der Waals surface area contributed by atoms with Crippen LogP contribution in [0.3, 0.4) is 0 Å². The monoisotopic (exact) mass is 540 g/mol. The Morgan fingerprint density at radius 2 is 1.87 bits per heavy atom. The highest BCUT2D eigenvalue weighted by molar-refractivity contribution is 5.97. The van der Waals surface area contributed by atoms with E-state index < -0.39 is 30.2 Å². The van der Waals surface area contributed by atoms with Crippen LogP contribution in [0.1, 0.15) is 55.7 Å². The van der Waals surface area contributed by atoms with Gasteiger partial charge < -0.3 is 10.6 Å². The van der Waals surface area contributed by atoms with Crippen molar-refractivity contribution < 1.29 is 27.6 Å². The molecule has 202 valence electrons. The molecule has 0 fully saturated rings. The maximum absolute atomic E-state index is 14.8. The summed E-state index contributed by atoms with van der Waals surface area (Å²) in [5.74, 6) is -4.95. The summed E-state index contributed by atoms with van der Waals surface area (Å²) in [6.07, 6.45) is 0.660. The first kappa shape index (κ1) is 27.2. The fourth-order valence-electron chi connectivity index (χ4n) is 4.07. The molecule has 14 heteroatoms. The van der Waals surface area contributed by atoms with Gasteiger partial charge in [-0.05, 0) is 52.3 Å². The second-order valence-corrected chi connectivity index (χ2v) is 8.72. The molecule has 1 aliphatic carbocycles. The Morgan fingerprint density at radius 3 is 2.59 bits per heavy atom. The molecule has 0 saturated carbocycles. The Hall–Kier alpha value is -4.88. The van der Waals surface area contributed by atoms with Crippen LogP contribution in [0.2, 0.25) is 0 Å². The fraction of sp³-hybridized carbons (Fsp3) is 0.240. The summed E-state index contributed by atoms with van der Waals surface area (Å²) in [6.45, 7) is 1.71. The average molecular weight is 541 g/mol. The van der Waals surface area contributed by atoms with E-state index in [2.05, 4.69) is 31.0 Å². The van der Waals surface area contributed by atoms with Crippen molar-refractivity contribution in [1.82, 2.24) is 26.0 Å². The van der Waals surface area contributed by atoms with Crippen molar-refractivity contribution in [3.05, 3.63) is 88.3 Å². The smallest absolute Gasteiger partial charge is 0.275 e. The minimum absolute atomic E-state index is 0.1000. The number of carbonyl (C=O) groups is 3. The predicted octanol–water partition coefficient (Wildman–Crippen LogP) is 3.29. The van der Waals surface area contributed by atoms with Crippen LogP contribution in [0.5, 0.6) is 0 Å². The van der Waals surface area contributed by atoms with Gasteiger partial charge in [0.2, 0.25) is 6.41 Å². The topological polar surface area (TPSA) is 141 Å². The largest absolute Gasteiger partial charge is 0.347 e. The van der Waals surface area contributed by atoms with Crippen LogP contribution in [0.15, 0.2) is 59.2 Å². The molecule has 0 spiro atoms. The van der Waals surface area contributed by atoms with Gasteiger partial charge in [0.25, 0.3) is 17.7 Å². The summed E-state index contributed by atoms with van der Waals surface area (Å²) in [4.78, 5) is 43.5. The number of amides is 3. The Balaban J connectivity index is 1.45. The van der Waals surface area contributed by atoms with Crippen molar-refractivity contribution in [2.45, 2.75) is 31.9 Å². The van der Waals surface area contributed by atoms with E-state index in [0.29, 0.717) is 23.2 Å². The molecule has 4 rings (SSSR count). The van der Waals surface area contributed by atoms with E-state index in [-0.39, 0.29) is 34.9 Å². The number of halogens is 3. The second-order valence-electron chi connectivity index (χ2n) is 8.72. The van der Waals surface area contributed by atoms with Crippen molar-refractivity contribution in [2.24, 2.45) is 10.4 Å². The molecule has 2 aromatic carbocycles. The molecule has 1 atom stereocenters. The zero-order valence-corrected chi connectivity index (χ0v) is 20.8. The maximum Gasteiger partial charge on any atom is 0.275 e. The number of aromatic nitrogens is 2. The Labute approximate surface area is 220 Å². The highest BCUT2D eigenvalue weighted by Crippen LogP contribution is 2.48. The van der Waals surface area contributed by atoms with Gasteiger partial charge in [-0.15, -0.1) is 0 Å². The lowest BCUT2D eigenvalue weighted by Crippen LogP contribution is -2.30. The predicted molar refractivity (Wildman–Crippen MR) is 132 cm³/mol. The van der Waals surface area contributed by atoms with Crippen molar-refractivity contribution in [3.63, 3.8) is 0 Å². The summed E-state index contributed by atoms with van der Waals surface area (Å²) in [5, 5.41) is 13.4. The van der Waals surface area contributed by atoms with Gasteiger partial charge in [-0.25, -0.2) is 33.6 Å². The molecule has 0 bridgehead atoms. The van der Waals surface area contributed by atoms with Gasteiger partial charge in [-0.2, -0.15) is 0 Å². The third kappa shape index (κ3) is 6.17. The number of benzene rings is 2. The molecule has 1 aliphatic rings. The molecule has 0 aliphatic heterocycles. The first-order chi connectivity index (χ1) is 18.6. The van der Waals surface area contributed by atoms with Crippen LogP contribution in [0.4, 0.5) is 18.9 Å². The van der Waals surface area contributed by atoms with E-state index in [9.17, 15) is 27.6 Å². The van der Waals surface area contributed by atoms with E-state index in [1.165, 1.54) is 42.4 Å². The SMILES string of the molecule is Cc1cc(CNC(=O)c2cc(C(=O)N[C@H]3CC(F)(F)c4cc(N(C)/N=N\NC=O)ccc43)ncn2)ccc1F. The van der Waals surface area contributed by atoms with E-state index in [1.807, 2.05) is 5.43 Å². The molecular formula is C25H23F3N8O3. The van der Waals surface area contributed by atoms with E-state index in [4.69, 9.17) is 0 Å². The lowest BCUT2D eigenvalue weighted by atomic mass is 10.1. The molecular weight excluding hydrogens is 517 g/mol. The summed E-state index contributed by atoms with van der Waals surface area (Å²) in [5.41, 5.74) is 3.04. The van der Waals surface area contributed by atoms with Crippen LogP contribution in [-0.2, 0) is 17.3 Å². The van der Waals surface area contributed by atoms with Gasteiger partial charge >= 0.3 is 0 Å². The number of carbonyl (C=O) groups excluding carboxylic acids is 3. The normalized spacial score (nSPS) is 15.5. The quantitative estimate of drug-likeness (QED) is 0.216. The van der Waals surface area contributed by atoms with Gasteiger partial charge in [0.05, 0.1) is 11.7 Å². The lowest BCUT2D eigenvalue weighted by molar-refractivity contribution is -0.109. The Kier molecular flexibility index (Phi) is 7.83. The van der Waals surface area contributed by atoms with Crippen LogP contribution < -0.4 is 21.1 Å². The van der Waals surface area contributed by atoms with Crippen LogP contribution in [0, 0.1) is 12.7 Å². The molecule has 1 heterocycles. The summed E-state index contributed by atoms with van der Waals surface area (Å²) in [7, 11) is 1.47. The van der Waals surface area contributed by atoms with Gasteiger partial charge in [0.1, 0.15) is 23.5 Å². The Bertz CT molecular complexity index is 1450. The van der Waals surface area contributed by atoms with Gasteiger partial charge in [0, 0.05) is 31.6 Å². The second kappa shape index (κ2) is 11.2. The minimum atomic E-state index is -3.24. The van der Waals surface area contributed by atoms with E-state index in [0.717, 1.165) is 12.4 Å². The zero-order chi connectivity index (χ0) is 28.2. The van der Waals surface area contributed by atoms with Crippen molar-refractivity contribution in [1.29, 1.82) is 0 Å². The highest BCUT2D eigenvalue weighted by Gasteiger charge is 2.45. The van der Waals surface area contributed by atoms with Gasteiger partial charge in [-0.3, -0.25) is 14.4 Å². The average Bonchev–Trinajstić information content (AvgIpc) is 3.17. The first-order valence-electron chi connectivity index (χ1n) is 11.6. The number of nitrogens with zero attached hydrogens (tertiary/aromatic N) is 5. The van der Waals surface area contributed by atoms with Crippen LogP contribution >= 0.6 is 0 Å². The van der Waals surface area contributed by atoms with Gasteiger partial charge in [0.15, 0.2) is 0 Å². The number of nitrogens with one attached hydrogen (secondary N) is 3. The van der Waals surface area contributed by atoms with Gasteiger partial charge in [-0.1, -0.05) is 18.2 Å². The minimum Gasteiger partial charge on any atom is -0.347 e. The third-order valence-electron chi connectivity index (χ3n) is 6.04. The lowest BCUT2D eigenvalue weighted by Gasteiger charge is -2.15. The number of aryl methyl sites for hydroxylation is 1. The summed E-state index contributed by atoms with van der Waals surface area (Å²) < 4.78 is 43.1. The number of hydrogen-bond acceptors (Lipinski definition) is 7. The number of hydrogen-bond donors (Lipinski definition) is 3. The molecule has 3 aromatic rings. The molecule has 3 N–H and O–H groups in total. The first-order valence-corrected chi connectivity index (χ1v) is 11.6. The molecule has 11 nitrogen and oxygen atoms in total. The molecule has 3 amide bonds. The standard InChI is InChI=1S/C25H23F3N8O3/c1-14-7-15(3-6-19(14)26)11-29-23(38)20-9-21(31-12-30-20)24(39)33-22-10-25(27,28)18-8-16(4-5-17(18)22)36(2)35-34-32-13-37/h3-9,12-13,22H,10-11H2,1-2H3,(H,29,38)(H,33,39)(H,32,35,37)/t22-/m0/s1. The number of alkyl halides is 2. The summed E-state index contributed by atoms with van der Waals surface area (Å²) >= 11 is 0. The highest BCUT2D eigenvalue weighted by atomic mass is 19.3. The molecule has 0 saturated heterocycles. The molecule has 0 radical (unpaired) electrons. The maximum atomic E-state index is 14.8. The fourth-order valence-corrected chi connectivity index (χ4v) is 4.07. The van der Waals surface area contributed by atoms with Crippen LogP contribution in [-0.4, -0.2) is 35.2 Å². The van der Waals surface area contributed by atoms with E-state index in [1.54, 1.807) is 13.0 Å². The number of rotatable bonds is 9. The Morgan fingerprint density at radius 1 is 1.13 bits per heavy atom. The van der Waals surface area contributed by atoms with Crippen molar-refractivity contribution >= 4 is 23.9 Å². The zero-order valence-electron chi connectivity index (χ0n) is 20.8. The number of fused-ring (bicyclic) bond motifs is 1. The van der Waals surface area contributed by atoms with E-state index >= 15 is 0 Å². The third-order valence-corrected chi connectivity index (χ3v) is 6.04. The summed E-state index contributed by atoms with van der Waals surface area (Å²) in [6, 6.07) is 8.77. The molecule has 1 aromatic heterocycles.